The predicted molar refractivity (Wildman–Crippen MR) is 199 cm³/mol. The molecule has 0 aliphatic carbocycles. The highest BCUT2D eigenvalue weighted by Crippen LogP contribution is 2.34. The molecule has 53 heavy (non-hydrogen) atoms. The number of nitrogens with one attached hydrogen (secondary N) is 3. The lowest BCUT2D eigenvalue weighted by molar-refractivity contribution is -0.143. The molecule has 6 amide bonds. The summed E-state index contributed by atoms with van der Waals surface area (Å²) in [6.45, 7) is 4.24. The van der Waals surface area contributed by atoms with Crippen LogP contribution in [0.15, 0.2) is 49.1 Å². The van der Waals surface area contributed by atoms with E-state index >= 15 is 0 Å². The molecule has 4 rings (SSSR count). The Morgan fingerprint density at radius 1 is 0.925 bits per heavy atom. The summed E-state index contributed by atoms with van der Waals surface area (Å²) in [6.07, 6.45) is 9.65. The molecule has 8 atom stereocenters. The molecule has 15 nitrogen and oxygen atoms in total. The summed E-state index contributed by atoms with van der Waals surface area (Å²) < 4.78 is 0. The van der Waals surface area contributed by atoms with Crippen molar-refractivity contribution >= 4 is 58.6 Å². The summed E-state index contributed by atoms with van der Waals surface area (Å²) in [5.41, 5.74) is 13.0. The van der Waals surface area contributed by atoms with Crippen molar-refractivity contribution in [3.63, 3.8) is 0 Å². The van der Waals surface area contributed by atoms with Crippen LogP contribution in [-0.4, -0.2) is 116 Å². The second-order valence-corrected chi connectivity index (χ2v) is 14.5. The van der Waals surface area contributed by atoms with E-state index in [-0.39, 0.29) is 18.4 Å². The number of carbonyl (C=O) groups is 6. The molecule has 2 aromatic rings. The zero-order valence-electron chi connectivity index (χ0n) is 30.0. The number of aromatic nitrogens is 2. The Morgan fingerprint density at radius 3 is 2.28 bits per heavy atom. The molecule has 3 unspecified atom stereocenters. The molecule has 0 aromatic carbocycles. The Morgan fingerprint density at radius 2 is 1.64 bits per heavy atom. The van der Waals surface area contributed by atoms with Crippen LogP contribution in [0, 0.1) is 0 Å². The first-order valence-electron chi connectivity index (χ1n) is 18.0. The molecule has 4 heterocycles. The highest BCUT2D eigenvalue weighted by molar-refractivity contribution is 6.31. The van der Waals surface area contributed by atoms with Gasteiger partial charge in [0.05, 0.1) is 22.4 Å². The maximum atomic E-state index is 14.0. The largest absolute Gasteiger partial charge is 0.368 e. The Bertz CT molecular complexity index is 1590. The quantitative estimate of drug-likeness (QED) is 0.115. The molecule has 2 fully saturated rings. The van der Waals surface area contributed by atoms with Gasteiger partial charge in [0.15, 0.2) is 0 Å². The van der Waals surface area contributed by atoms with Gasteiger partial charge in [-0.25, -0.2) is 0 Å². The first kappa shape index (κ1) is 41.4. The van der Waals surface area contributed by atoms with Gasteiger partial charge in [-0.3, -0.25) is 38.7 Å². The van der Waals surface area contributed by atoms with Crippen LogP contribution < -0.4 is 27.4 Å². The third-order valence-corrected chi connectivity index (χ3v) is 11.0. The molecule has 2 aliphatic rings. The molecule has 2 aromatic heterocycles. The second-order valence-electron chi connectivity index (χ2n) is 13.4. The number of hydrogen-bond donors (Lipinski definition) is 5. The van der Waals surface area contributed by atoms with Crippen molar-refractivity contribution in [1.82, 2.24) is 35.7 Å². The fourth-order valence-corrected chi connectivity index (χ4v) is 7.35. The fraction of sp³-hybridized carbons (Fsp3) is 0.556. The molecular formula is C36H49Cl2N9O6. The number of nitrogens with two attached hydrogens (primary N) is 2. The first-order valence-corrected chi connectivity index (χ1v) is 18.9. The molecule has 2 aliphatic heterocycles. The normalized spacial score (nSPS) is 21.2. The molecule has 0 saturated carbocycles. The lowest BCUT2D eigenvalue weighted by Crippen LogP contribution is -2.59. The van der Waals surface area contributed by atoms with Crippen LogP contribution in [0.25, 0.3) is 0 Å². The van der Waals surface area contributed by atoms with Crippen LogP contribution in [0.1, 0.15) is 80.6 Å². The topological polar surface area (TPSA) is 223 Å². The van der Waals surface area contributed by atoms with Crippen molar-refractivity contribution in [2.45, 2.75) is 106 Å². The summed E-state index contributed by atoms with van der Waals surface area (Å²) in [6, 6.07) is 1.79. The van der Waals surface area contributed by atoms with Gasteiger partial charge < -0.3 is 37.2 Å². The molecule has 0 spiro atoms. The standard InChI is InChI=1S/C36H49Cl2N9O6/c1-3-25(37)28(38)29(31(40)48)45-34(51)30-24(22-9-6-14-41-19-22)13-18-47(30)35(52)21(2)44-33(50)27-12-8-17-46(27)36(53)26(39)11-4-5-16-43-32(49)23-10-7-15-42-20-23/h6-7,9-10,14-15,19-21,24-30H,3-5,8,11-13,16-18,39H2,1-2H3,(H2,40,48)(H,43,49)(H,44,50)(H,45,51)/t21-,24?,25?,26+,27-,28?,29-,30-/m0/s1. The Hall–Kier alpha value is -4.34. The van der Waals surface area contributed by atoms with Gasteiger partial charge in [0.25, 0.3) is 5.91 Å². The highest BCUT2D eigenvalue weighted by Gasteiger charge is 2.46. The van der Waals surface area contributed by atoms with Gasteiger partial charge in [-0.2, -0.15) is 0 Å². The summed E-state index contributed by atoms with van der Waals surface area (Å²) in [5, 5.41) is 6.55. The Balaban J connectivity index is 1.36. The van der Waals surface area contributed by atoms with Crippen molar-refractivity contribution < 1.29 is 28.8 Å². The van der Waals surface area contributed by atoms with E-state index in [0.717, 1.165) is 0 Å². The minimum absolute atomic E-state index is 0.186. The smallest absolute Gasteiger partial charge is 0.252 e. The number of amides is 6. The Kier molecular flexibility index (Phi) is 15.4. The summed E-state index contributed by atoms with van der Waals surface area (Å²) in [7, 11) is 0. The number of pyridine rings is 2. The number of unbranched alkanes of at least 4 members (excludes halogenated alkanes) is 1. The van der Waals surface area contributed by atoms with E-state index in [1.54, 1.807) is 49.8 Å². The SMILES string of the molecule is CCC(Cl)C(Cl)[C@H](NC(=O)[C@@H]1C(c2cccnc2)CCN1C(=O)[C@H](C)NC(=O)[C@@H]1CCCN1C(=O)[C@H](N)CCCCNC(=O)c1cccnc1)C(N)=O. The predicted octanol–water partition coefficient (Wildman–Crippen LogP) is 1.18. The van der Waals surface area contributed by atoms with Crippen LogP contribution >= 0.6 is 23.2 Å². The summed E-state index contributed by atoms with van der Waals surface area (Å²) in [4.78, 5) is 90.3. The Labute approximate surface area is 319 Å². The van der Waals surface area contributed by atoms with Crippen molar-refractivity contribution in [2.75, 3.05) is 19.6 Å². The van der Waals surface area contributed by atoms with Gasteiger partial charge in [-0.05, 0) is 75.6 Å². The van der Waals surface area contributed by atoms with Crippen LogP contribution in [-0.2, 0) is 24.0 Å². The number of alkyl halides is 2. The average molecular weight is 775 g/mol. The molecule has 288 valence electrons. The van der Waals surface area contributed by atoms with E-state index in [4.69, 9.17) is 34.7 Å². The maximum absolute atomic E-state index is 14.0. The number of primary amides is 1. The third kappa shape index (κ3) is 10.6. The van der Waals surface area contributed by atoms with E-state index < -0.39 is 70.5 Å². The number of hydrogen-bond acceptors (Lipinski definition) is 9. The van der Waals surface area contributed by atoms with Gasteiger partial charge in [0.2, 0.25) is 29.5 Å². The summed E-state index contributed by atoms with van der Waals surface area (Å²) in [5.74, 6) is -3.60. The molecule has 0 radical (unpaired) electrons. The summed E-state index contributed by atoms with van der Waals surface area (Å²) >= 11 is 12.8. The van der Waals surface area contributed by atoms with Gasteiger partial charge in [-0.15, -0.1) is 23.2 Å². The van der Waals surface area contributed by atoms with Crippen LogP contribution in [0.4, 0.5) is 0 Å². The molecule has 2 saturated heterocycles. The van der Waals surface area contributed by atoms with Crippen molar-refractivity contribution in [2.24, 2.45) is 11.5 Å². The van der Waals surface area contributed by atoms with E-state index in [0.29, 0.717) is 69.2 Å². The lowest BCUT2D eigenvalue weighted by Gasteiger charge is -2.32. The molecular weight excluding hydrogens is 725 g/mol. The molecule has 7 N–H and O–H groups in total. The van der Waals surface area contributed by atoms with Crippen LogP contribution in [0.3, 0.4) is 0 Å². The minimum atomic E-state index is -1.30. The molecule has 0 bridgehead atoms. The van der Waals surface area contributed by atoms with Crippen molar-refractivity contribution in [3.8, 4) is 0 Å². The zero-order chi connectivity index (χ0) is 38.7. The zero-order valence-corrected chi connectivity index (χ0v) is 31.5. The van der Waals surface area contributed by atoms with Crippen molar-refractivity contribution in [3.05, 3.63) is 60.2 Å². The van der Waals surface area contributed by atoms with E-state index in [2.05, 4.69) is 25.9 Å². The second kappa shape index (κ2) is 19.7. The van der Waals surface area contributed by atoms with Gasteiger partial charge >= 0.3 is 0 Å². The van der Waals surface area contributed by atoms with E-state index in [1.165, 1.54) is 22.9 Å². The van der Waals surface area contributed by atoms with Crippen LogP contribution in [0.5, 0.6) is 0 Å². The number of rotatable bonds is 17. The average Bonchev–Trinajstić information content (AvgIpc) is 3.84. The van der Waals surface area contributed by atoms with Gasteiger partial charge in [-0.1, -0.05) is 13.0 Å². The van der Waals surface area contributed by atoms with Gasteiger partial charge in [0, 0.05) is 50.3 Å². The minimum Gasteiger partial charge on any atom is -0.368 e. The monoisotopic (exact) mass is 773 g/mol. The van der Waals surface area contributed by atoms with E-state index in [9.17, 15) is 28.8 Å². The lowest BCUT2D eigenvalue weighted by atomic mass is 9.92. The highest BCUT2D eigenvalue weighted by atomic mass is 35.5. The number of likely N-dealkylation sites (tertiary alicyclic amines) is 2. The van der Waals surface area contributed by atoms with E-state index in [1.807, 2.05) is 0 Å². The number of carbonyl (C=O) groups excluding carboxylic acids is 6. The third-order valence-electron chi connectivity index (χ3n) is 9.76. The fourth-order valence-electron chi connectivity index (χ4n) is 6.84. The number of halogens is 2. The van der Waals surface area contributed by atoms with Crippen LogP contribution in [0.2, 0.25) is 0 Å². The molecule has 17 heteroatoms. The first-order chi connectivity index (χ1) is 25.3. The van der Waals surface area contributed by atoms with Crippen molar-refractivity contribution in [1.29, 1.82) is 0 Å². The number of nitrogens with zero attached hydrogens (tertiary/aromatic N) is 4. The van der Waals surface area contributed by atoms with Gasteiger partial charge in [0.1, 0.15) is 24.2 Å². The maximum Gasteiger partial charge on any atom is 0.252 e.